The number of hydrogen-bond donors (Lipinski definition) is 4. The van der Waals surface area contributed by atoms with Crippen LogP contribution in [-0.4, -0.2) is 45.7 Å². The second-order valence-corrected chi connectivity index (χ2v) is 3.67. The van der Waals surface area contributed by atoms with Gasteiger partial charge in [0, 0.05) is 0 Å². The van der Waals surface area contributed by atoms with Gasteiger partial charge in [-0.05, 0) is 19.3 Å². The van der Waals surface area contributed by atoms with Crippen molar-refractivity contribution in [3.63, 3.8) is 0 Å². The highest BCUT2D eigenvalue weighted by molar-refractivity contribution is 5.74. The van der Waals surface area contributed by atoms with Gasteiger partial charge in [-0.15, -0.1) is 0 Å². The third kappa shape index (κ3) is 6.05. The van der Waals surface area contributed by atoms with Crippen molar-refractivity contribution in [1.29, 1.82) is 0 Å². The first-order valence-corrected chi connectivity index (χ1v) is 5.57. The Morgan fingerprint density at radius 2 is 1.38 bits per heavy atom. The van der Waals surface area contributed by atoms with Gasteiger partial charge in [0.25, 0.3) is 0 Å². The molecule has 0 atom stereocenters. The molecule has 4 N–H and O–H groups in total. The molecule has 0 amide bonds. The molecule has 0 aliphatic rings. The minimum atomic E-state index is -0.954. The number of carbonyl (C=O) groups is 1. The van der Waals surface area contributed by atoms with Crippen LogP contribution in [0.1, 0.15) is 40.0 Å². The lowest BCUT2D eigenvalue weighted by Gasteiger charge is -2.24. The molecule has 98 valence electrons. The monoisotopic (exact) mass is 236 g/mol. The first-order valence-electron chi connectivity index (χ1n) is 5.57. The van der Waals surface area contributed by atoms with Crippen LogP contribution in [0.4, 0.5) is 0 Å². The fourth-order valence-electron chi connectivity index (χ4n) is 1.26. The zero-order valence-electron chi connectivity index (χ0n) is 10.3. The molecule has 0 fully saturated rings. The fourth-order valence-corrected chi connectivity index (χ4v) is 1.26. The van der Waals surface area contributed by atoms with Gasteiger partial charge in [0.15, 0.2) is 0 Å². The Labute approximate surface area is 96.7 Å². The van der Waals surface area contributed by atoms with E-state index >= 15 is 0 Å². The van der Waals surface area contributed by atoms with Crippen molar-refractivity contribution in [2.75, 3.05) is 13.2 Å². The third-order valence-electron chi connectivity index (χ3n) is 2.91. The Bertz CT molecular complexity index is 165. The average molecular weight is 236 g/mol. The quantitative estimate of drug-likeness (QED) is 0.542. The van der Waals surface area contributed by atoms with E-state index in [0.29, 0.717) is 0 Å². The number of aliphatic hydroxyl groups is 3. The highest BCUT2D eigenvalue weighted by Crippen LogP contribution is 2.30. The average Bonchev–Trinajstić information content (AvgIpc) is 2.31. The van der Waals surface area contributed by atoms with E-state index in [-0.39, 0.29) is 13.2 Å². The predicted octanol–water partition coefficient (Wildman–Crippen LogP) is 0.619. The molecule has 0 aliphatic carbocycles. The Hall–Kier alpha value is -0.650. The van der Waals surface area contributed by atoms with Gasteiger partial charge in [-0.3, -0.25) is 4.79 Å². The zero-order chi connectivity index (χ0) is 13.2. The number of hydrogen-bond acceptors (Lipinski definition) is 4. The summed E-state index contributed by atoms with van der Waals surface area (Å²) in [5.41, 5.74) is -0.458. The summed E-state index contributed by atoms with van der Waals surface area (Å²) in [6.07, 6.45) is 1.24. The van der Waals surface area contributed by atoms with Gasteiger partial charge in [-0.2, -0.15) is 0 Å². The summed E-state index contributed by atoms with van der Waals surface area (Å²) in [4.78, 5) is 10.7. The standard InChI is InChI=1S/C8H16O2.C3H8O3/c1-4-8(5-2,6-3)7(9)10;4-1-3(6)2-5/h4-6H2,1-3H3,(H,9,10);3-6H,1-2H2. The Morgan fingerprint density at radius 1 is 1.06 bits per heavy atom. The summed E-state index contributed by atoms with van der Waals surface area (Å²) in [6, 6.07) is 0. The van der Waals surface area contributed by atoms with E-state index < -0.39 is 17.5 Å². The van der Waals surface area contributed by atoms with Crippen molar-refractivity contribution in [2.45, 2.75) is 46.1 Å². The molecule has 0 aliphatic heterocycles. The second kappa shape index (κ2) is 9.57. The van der Waals surface area contributed by atoms with E-state index in [1.807, 2.05) is 20.8 Å². The summed E-state index contributed by atoms with van der Waals surface area (Å²) in [7, 11) is 0. The van der Waals surface area contributed by atoms with Crippen molar-refractivity contribution in [1.82, 2.24) is 0 Å². The number of aliphatic hydroxyl groups excluding tert-OH is 3. The van der Waals surface area contributed by atoms with Crippen LogP contribution >= 0.6 is 0 Å². The summed E-state index contributed by atoms with van der Waals surface area (Å²) in [6.45, 7) is 5.07. The zero-order valence-corrected chi connectivity index (χ0v) is 10.3. The summed E-state index contributed by atoms with van der Waals surface area (Å²) >= 11 is 0. The van der Waals surface area contributed by atoms with Gasteiger partial charge in [-0.25, -0.2) is 0 Å². The van der Waals surface area contributed by atoms with E-state index in [1.165, 1.54) is 0 Å². The molecule has 0 heterocycles. The number of rotatable bonds is 6. The van der Waals surface area contributed by atoms with Crippen LogP contribution in [0.25, 0.3) is 0 Å². The largest absolute Gasteiger partial charge is 0.481 e. The lowest BCUT2D eigenvalue weighted by molar-refractivity contribution is -0.149. The molecule has 0 unspecified atom stereocenters. The Balaban J connectivity index is 0. The molecule has 16 heavy (non-hydrogen) atoms. The van der Waals surface area contributed by atoms with Crippen molar-refractivity contribution in [3.8, 4) is 0 Å². The van der Waals surface area contributed by atoms with Crippen molar-refractivity contribution >= 4 is 5.97 Å². The number of aliphatic carboxylic acids is 1. The van der Waals surface area contributed by atoms with Crippen molar-refractivity contribution in [2.24, 2.45) is 5.41 Å². The van der Waals surface area contributed by atoms with Crippen LogP contribution in [0.3, 0.4) is 0 Å². The molecule has 0 radical (unpaired) electrons. The first-order chi connectivity index (χ1) is 7.43. The summed E-state index contributed by atoms with van der Waals surface area (Å²) in [5, 5.41) is 32.8. The summed E-state index contributed by atoms with van der Waals surface area (Å²) < 4.78 is 0. The second-order valence-electron chi connectivity index (χ2n) is 3.67. The molecule has 0 bridgehead atoms. The van der Waals surface area contributed by atoms with Crippen LogP contribution in [0, 0.1) is 5.41 Å². The molecule has 0 aromatic heterocycles. The molecule has 5 heteroatoms. The van der Waals surface area contributed by atoms with Crippen LogP contribution in [0.15, 0.2) is 0 Å². The molecule has 0 saturated heterocycles. The van der Waals surface area contributed by atoms with Gasteiger partial charge in [0.2, 0.25) is 0 Å². The van der Waals surface area contributed by atoms with E-state index in [1.54, 1.807) is 0 Å². The highest BCUT2D eigenvalue weighted by Gasteiger charge is 2.32. The molecule has 0 spiro atoms. The normalized spacial score (nSPS) is 10.9. The molecule has 0 rings (SSSR count). The Morgan fingerprint density at radius 3 is 1.38 bits per heavy atom. The van der Waals surface area contributed by atoms with E-state index in [4.69, 9.17) is 20.4 Å². The SMILES string of the molecule is CCC(CC)(CC)C(=O)O.OCC(O)CO. The third-order valence-corrected chi connectivity index (χ3v) is 2.91. The van der Waals surface area contributed by atoms with E-state index in [9.17, 15) is 4.79 Å². The van der Waals surface area contributed by atoms with E-state index in [0.717, 1.165) is 19.3 Å². The van der Waals surface area contributed by atoms with Crippen molar-refractivity contribution in [3.05, 3.63) is 0 Å². The summed E-state index contributed by atoms with van der Waals surface area (Å²) in [5.74, 6) is -0.653. The maximum absolute atomic E-state index is 10.7. The topological polar surface area (TPSA) is 98.0 Å². The molecule has 0 aromatic carbocycles. The van der Waals surface area contributed by atoms with Crippen LogP contribution < -0.4 is 0 Å². The number of carboxylic acids is 1. The minimum Gasteiger partial charge on any atom is -0.481 e. The molecule has 5 nitrogen and oxygen atoms in total. The number of carboxylic acid groups (broad SMARTS) is 1. The first kappa shape index (κ1) is 17.7. The van der Waals surface area contributed by atoms with Crippen LogP contribution in [0.2, 0.25) is 0 Å². The molecule has 0 saturated carbocycles. The minimum absolute atomic E-state index is 0.365. The molecule has 0 aromatic rings. The van der Waals surface area contributed by atoms with E-state index in [2.05, 4.69) is 0 Å². The fraction of sp³-hybridized carbons (Fsp3) is 0.909. The van der Waals surface area contributed by atoms with Gasteiger partial charge < -0.3 is 20.4 Å². The predicted molar refractivity (Wildman–Crippen MR) is 61.1 cm³/mol. The lowest BCUT2D eigenvalue weighted by atomic mass is 9.80. The van der Waals surface area contributed by atoms with Gasteiger partial charge in [0.05, 0.1) is 18.6 Å². The molecular weight excluding hydrogens is 212 g/mol. The maximum Gasteiger partial charge on any atom is 0.309 e. The van der Waals surface area contributed by atoms with Crippen LogP contribution in [-0.2, 0) is 4.79 Å². The van der Waals surface area contributed by atoms with Gasteiger partial charge >= 0.3 is 5.97 Å². The smallest absolute Gasteiger partial charge is 0.309 e. The molecular formula is C11H24O5. The highest BCUT2D eigenvalue weighted by atomic mass is 16.4. The van der Waals surface area contributed by atoms with Crippen molar-refractivity contribution < 1.29 is 25.2 Å². The Kier molecular flexibility index (Phi) is 10.6. The maximum atomic E-state index is 10.7. The van der Waals surface area contributed by atoms with Gasteiger partial charge in [-0.1, -0.05) is 20.8 Å². The van der Waals surface area contributed by atoms with Gasteiger partial charge in [0.1, 0.15) is 6.10 Å². The van der Waals surface area contributed by atoms with Crippen LogP contribution in [0.5, 0.6) is 0 Å². The lowest BCUT2D eigenvalue weighted by Crippen LogP contribution is -2.28.